The van der Waals surface area contributed by atoms with Gasteiger partial charge in [0, 0.05) is 11.1 Å². The van der Waals surface area contributed by atoms with Crippen molar-refractivity contribution in [3.8, 4) is 16.9 Å². The smallest absolute Gasteiger partial charge is 0.204 e. The SMILES string of the molecule is COc1c(-c2cn[nH]c2N)cc(F)c(F)c1F. The van der Waals surface area contributed by atoms with Gasteiger partial charge in [-0.25, -0.2) is 8.78 Å². The van der Waals surface area contributed by atoms with Gasteiger partial charge in [0.15, 0.2) is 17.4 Å². The number of rotatable bonds is 2. The molecule has 17 heavy (non-hydrogen) atoms. The van der Waals surface area contributed by atoms with Gasteiger partial charge in [-0.05, 0) is 6.07 Å². The van der Waals surface area contributed by atoms with Crippen LogP contribution in [-0.2, 0) is 0 Å². The number of aromatic amines is 1. The molecule has 1 aromatic carbocycles. The summed E-state index contributed by atoms with van der Waals surface area (Å²) in [5, 5.41) is 6.02. The Morgan fingerprint density at radius 2 is 1.94 bits per heavy atom. The lowest BCUT2D eigenvalue weighted by Crippen LogP contribution is -1.99. The number of H-pyrrole nitrogens is 1. The molecular formula is C10H8F3N3O. The number of benzene rings is 1. The maximum absolute atomic E-state index is 13.4. The van der Waals surface area contributed by atoms with E-state index in [1.807, 2.05) is 0 Å². The molecular weight excluding hydrogens is 235 g/mol. The standard InChI is InChI=1S/C10H8F3N3O/c1-17-9-4(5-3-15-16-10(5)14)2-6(11)7(12)8(9)13/h2-3H,1H3,(H3,14,15,16). The highest BCUT2D eigenvalue weighted by molar-refractivity contribution is 5.78. The number of halogens is 3. The van der Waals surface area contributed by atoms with Crippen molar-refractivity contribution < 1.29 is 17.9 Å². The first kappa shape index (κ1) is 11.3. The van der Waals surface area contributed by atoms with Crippen LogP contribution < -0.4 is 10.5 Å². The van der Waals surface area contributed by atoms with E-state index in [4.69, 9.17) is 10.5 Å². The van der Waals surface area contributed by atoms with Crippen molar-refractivity contribution in [3.05, 3.63) is 29.7 Å². The fourth-order valence-electron chi connectivity index (χ4n) is 1.49. The van der Waals surface area contributed by atoms with Gasteiger partial charge in [0.1, 0.15) is 5.82 Å². The molecule has 2 rings (SSSR count). The van der Waals surface area contributed by atoms with Gasteiger partial charge < -0.3 is 10.5 Å². The van der Waals surface area contributed by atoms with E-state index < -0.39 is 23.2 Å². The Morgan fingerprint density at radius 1 is 1.24 bits per heavy atom. The number of nitrogens with zero attached hydrogens (tertiary/aromatic N) is 1. The van der Waals surface area contributed by atoms with E-state index in [2.05, 4.69) is 10.2 Å². The second kappa shape index (κ2) is 4.00. The molecule has 0 aliphatic carbocycles. The number of aromatic nitrogens is 2. The summed E-state index contributed by atoms with van der Waals surface area (Å²) in [5.41, 5.74) is 5.75. The number of hydrogen-bond acceptors (Lipinski definition) is 3. The van der Waals surface area contributed by atoms with Gasteiger partial charge in [-0.3, -0.25) is 5.10 Å². The summed E-state index contributed by atoms with van der Waals surface area (Å²) in [7, 11) is 1.15. The summed E-state index contributed by atoms with van der Waals surface area (Å²) in [6.07, 6.45) is 1.27. The largest absolute Gasteiger partial charge is 0.493 e. The van der Waals surface area contributed by atoms with Crippen LogP contribution in [0.4, 0.5) is 19.0 Å². The predicted molar refractivity (Wildman–Crippen MR) is 54.9 cm³/mol. The van der Waals surface area contributed by atoms with Gasteiger partial charge >= 0.3 is 0 Å². The number of nitrogen functional groups attached to an aromatic ring is 1. The Kier molecular flexibility index (Phi) is 2.66. The predicted octanol–water partition coefficient (Wildman–Crippen LogP) is 2.08. The average Bonchev–Trinajstić information content (AvgIpc) is 2.72. The Bertz CT molecular complexity index is 568. The van der Waals surface area contributed by atoms with E-state index in [-0.39, 0.29) is 16.9 Å². The molecule has 3 N–H and O–H groups in total. The van der Waals surface area contributed by atoms with Gasteiger partial charge in [0.05, 0.1) is 13.3 Å². The molecule has 0 unspecified atom stereocenters. The van der Waals surface area contributed by atoms with Gasteiger partial charge in [-0.15, -0.1) is 0 Å². The average molecular weight is 243 g/mol. The third kappa shape index (κ3) is 1.69. The highest BCUT2D eigenvalue weighted by atomic mass is 19.2. The van der Waals surface area contributed by atoms with Crippen LogP contribution in [-0.4, -0.2) is 17.3 Å². The minimum atomic E-state index is -1.59. The molecule has 7 heteroatoms. The minimum absolute atomic E-state index is 0.00449. The maximum Gasteiger partial charge on any atom is 0.204 e. The summed E-state index contributed by atoms with van der Waals surface area (Å²) >= 11 is 0. The molecule has 0 saturated heterocycles. The van der Waals surface area contributed by atoms with Crippen LogP contribution in [0, 0.1) is 17.5 Å². The summed E-state index contributed by atoms with van der Waals surface area (Å²) < 4.78 is 44.3. The van der Waals surface area contributed by atoms with Crippen molar-refractivity contribution in [3.63, 3.8) is 0 Å². The van der Waals surface area contributed by atoms with Gasteiger partial charge in [-0.2, -0.15) is 9.49 Å². The van der Waals surface area contributed by atoms with E-state index >= 15 is 0 Å². The fourth-order valence-corrected chi connectivity index (χ4v) is 1.49. The van der Waals surface area contributed by atoms with Gasteiger partial charge in [0.2, 0.25) is 5.82 Å². The van der Waals surface area contributed by atoms with Crippen LogP contribution in [0.1, 0.15) is 0 Å². The lowest BCUT2D eigenvalue weighted by molar-refractivity contribution is 0.362. The van der Waals surface area contributed by atoms with E-state index in [1.165, 1.54) is 6.20 Å². The normalized spacial score (nSPS) is 10.6. The molecule has 0 bridgehead atoms. The molecule has 0 spiro atoms. The highest BCUT2D eigenvalue weighted by Crippen LogP contribution is 2.36. The Hall–Kier alpha value is -2.18. The van der Waals surface area contributed by atoms with Crippen molar-refractivity contribution in [2.45, 2.75) is 0 Å². The van der Waals surface area contributed by atoms with Crippen LogP contribution in [0.15, 0.2) is 12.3 Å². The zero-order valence-corrected chi connectivity index (χ0v) is 8.72. The van der Waals surface area contributed by atoms with E-state index in [0.717, 1.165) is 13.2 Å². The quantitative estimate of drug-likeness (QED) is 0.794. The van der Waals surface area contributed by atoms with Gasteiger partial charge in [0.25, 0.3) is 0 Å². The molecule has 1 heterocycles. The van der Waals surface area contributed by atoms with Crippen molar-refractivity contribution in [2.75, 3.05) is 12.8 Å². The lowest BCUT2D eigenvalue weighted by atomic mass is 10.1. The lowest BCUT2D eigenvalue weighted by Gasteiger charge is -2.09. The number of anilines is 1. The fraction of sp³-hybridized carbons (Fsp3) is 0.100. The number of ether oxygens (including phenoxy) is 1. The number of nitrogens with two attached hydrogens (primary N) is 1. The van der Waals surface area contributed by atoms with Gasteiger partial charge in [-0.1, -0.05) is 0 Å². The summed E-state index contributed by atoms with van der Waals surface area (Å²) in [6.45, 7) is 0. The first-order chi connectivity index (χ1) is 8.06. The summed E-state index contributed by atoms with van der Waals surface area (Å²) in [5.74, 6) is -4.62. The monoisotopic (exact) mass is 243 g/mol. The Labute approximate surface area is 94.2 Å². The number of nitrogens with one attached hydrogen (secondary N) is 1. The summed E-state index contributed by atoms with van der Waals surface area (Å²) in [4.78, 5) is 0. The van der Waals surface area contributed by atoms with Crippen LogP contribution >= 0.6 is 0 Å². The Balaban J connectivity index is 2.74. The third-order valence-corrected chi connectivity index (χ3v) is 2.28. The topological polar surface area (TPSA) is 63.9 Å². The molecule has 0 aliphatic rings. The van der Waals surface area contributed by atoms with Crippen LogP contribution in [0.2, 0.25) is 0 Å². The van der Waals surface area contributed by atoms with Crippen molar-refractivity contribution in [1.82, 2.24) is 10.2 Å². The van der Waals surface area contributed by atoms with Crippen molar-refractivity contribution >= 4 is 5.82 Å². The second-order valence-corrected chi connectivity index (χ2v) is 3.26. The zero-order chi connectivity index (χ0) is 12.6. The molecule has 0 saturated carbocycles. The highest BCUT2D eigenvalue weighted by Gasteiger charge is 2.22. The first-order valence-electron chi connectivity index (χ1n) is 4.57. The van der Waals surface area contributed by atoms with Crippen LogP contribution in [0.25, 0.3) is 11.1 Å². The van der Waals surface area contributed by atoms with E-state index in [9.17, 15) is 13.2 Å². The molecule has 2 aromatic rings. The minimum Gasteiger partial charge on any atom is -0.493 e. The molecule has 0 aliphatic heterocycles. The van der Waals surface area contributed by atoms with E-state index in [1.54, 1.807) is 0 Å². The Morgan fingerprint density at radius 3 is 2.47 bits per heavy atom. The van der Waals surface area contributed by atoms with Crippen molar-refractivity contribution in [2.24, 2.45) is 0 Å². The first-order valence-corrected chi connectivity index (χ1v) is 4.57. The maximum atomic E-state index is 13.4. The molecule has 1 aromatic heterocycles. The molecule has 0 fully saturated rings. The van der Waals surface area contributed by atoms with Crippen molar-refractivity contribution in [1.29, 1.82) is 0 Å². The number of hydrogen-bond donors (Lipinski definition) is 2. The molecule has 4 nitrogen and oxygen atoms in total. The third-order valence-electron chi connectivity index (χ3n) is 2.28. The van der Waals surface area contributed by atoms with E-state index in [0.29, 0.717) is 0 Å². The second-order valence-electron chi connectivity index (χ2n) is 3.26. The molecule has 0 atom stereocenters. The zero-order valence-electron chi connectivity index (χ0n) is 8.72. The molecule has 0 radical (unpaired) electrons. The van der Waals surface area contributed by atoms with Crippen LogP contribution in [0.5, 0.6) is 5.75 Å². The molecule has 0 amide bonds. The van der Waals surface area contributed by atoms with Crippen LogP contribution in [0.3, 0.4) is 0 Å². The number of methoxy groups -OCH3 is 1. The summed E-state index contributed by atoms with van der Waals surface area (Å²) in [6, 6.07) is 0.804. The molecule has 90 valence electrons.